The number of aliphatic carboxylic acids is 1. The molecule has 1 aromatic heterocycles. The number of amidine groups is 1. The van der Waals surface area contributed by atoms with Gasteiger partial charge in [-0.3, -0.25) is 9.98 Å². The average Bonchev–Trinajstić information content (AvgIpc) is 2.63. The van der Waals surface area contributed by atoms with Crippen molar-refractivity contribution in [2.45, 2.75) is 13.8 Å². The Morgan fingerprint density at radius 2 is 1.96 bits per heavy atom. The van der Waals surface area contributed by atoms with Crippen LogP contribution in [0, 0.1) is 18.3 Å². The number of aliphatic imine (C=N–C) groups is 1. The Balaban J connectivity index is 0.000000294. The number of nitrogens with two attached hydrogens (primary N) is 1. The highest BCUT2D eigenvalue weighted by atomic mass is 16.4. The number of phenols is 1. The number of benzene rings is 1. The number of aromatic nitrogens is 1. The van der Waals surface area contributed by atoms with Crippen LogP contribution in [-0.4, -0.2) is 34.0 Å². The molecule has 0 radical (unpaired) electrons. The van der Waals surface area contributed by atoms with E-state index in [2.05, 4.69) is 16.0 Å². The fourth-order valence-corrected chi connectivity index (χ4v) is 2.02. The predicted octanol–water partition coefficient (Wildman–Crippen LogP) is 2.64. The molecule has 0 bridgehead atoms. The first kappa shape index (κ1) is 20.4. The average molecular weight is 352 g/mol. The molecule has 7 nitrogen and oxygen atoms in total. The molecule has 134 valence electrons. The van der Waals surface area contributed by atoms with E-state index in [0.29, 0.717) is 5.56 Å². The van der Waals surface area contributed by atoms with Crippen LogP contribution in [-0.2, 0) is 4.79 Å². The number of carboxylic acids is 1. The minimum Gasteiger partial charge on any atom is -0.508 e. The van der Waals surface area contributed by atoms with Crippen LogP contribution in [0.4, 0.5) is 0 Å². The maximum atomic E-state index is 10.3. The molecule has 26 heavy (non-hydrogen) atoms. The van der Waals surface area contributed by atoms with E-state index in [0.717, 1.165) is 16.8 Å². The highest BCUT2D eigenvalue weighted by molar-refractivity contribution is 6.17. The van der Waals surface area contributed by atoms with Gasteiger partial charge in [0.15, 0.2) is 0 Å². The van der Waals surface area contributed by atoms with Gasteiger partial charge in [-0.15, -0.1) is 0 Å². The molecule has 1 heterocycles. The largest absolute Gasteiger partial charge is 0.508 e. The number of rotatable bonds is 3. The van der Waals surface area contributed by atoms with E-state index in [1.54, 1.807) is 43.5 Å². The molecule has 0 aliphatic carbocycles. The van der Waals surface area contributed by atoms with Crippen molar-refractivity contribution in [3.05, 3.63) is 59.4 Å². The van der Waals surface area contributed by atoms with E-state index in [1.165, 1.54) is 13.1 Å². The highest BCUT2D eigenvalue weighted by Gasteiger charge is 2.08. The van der Waals surface area contributed by atoms with Crippen molar-refractivity contribution >= 4 is 11.8 Å². The first-order valence-electron chi connectivity index (χ1n) is 7.62. The second kappa shape index (κ2) is 9.59. The van der Waals surface area contributed by atoms with Gasteiger partial charge >= 0.3 is 5.97 Å². The molecule has 0 amide bonds. The smallest absolute Gasteiger partial charge is 0.339 e. The minimum atomic E-state index is -1.05. The van der Waals surface area contributed by atoms with Gasteiger partial charge in [0.25, 0.3) is 0 Å². The molecule has 0 saturated carbocycles. The van der Waals surface area contributed by atoms with Crippen molar-refractivity contribution < 1.29 is 15.0 Å². The number of phenolic OH excluding ortho intramolecular Hbond substituents is 1. The normalized spacial score (nSPS) is 11.2. The number of pyridine rings is 1. The Kier molecular flexibility index (Phi) is 7.52. The zero-order valence-corrected chi connectivity index (χ0v) is 14.8. The Morgan fingerprint density at radius 3 is 2.38 bits per heavy atom. The maximum Gasteiger partial charge on any atom is 0.339 e. The van der Waals surface area contributed by atoms with Crippen molar-refractivity contribution in [2.24, 2.45) is 10.7 Å². The van der Waals surface area contributed by atoms with Crippen LogP contribution >= 0.6 is 0 Å². The minimum absolute atomic E-state index is 0.0440. The summed E-state index contributed by atoms with van der Waals surface area (Å²) in [5.74, 6) is -0.789. The number of nitriles is 1. The number of carbonyl (C=O) groups is 1. The van der Waals surface area contributed by atoms with Gasteiger partial charge < -0.3 is 15.9 Å². The molecule has 2 aromatic rings. The number of aromatic hydroxyl groups is 1. The summed E-state index contributed by atoms with van der Waals surface area (Å²) < 4.78 is 0. The molecule has 0 fully saturated rings. The molecule has 4 N–H and O–H groups in total. The van der Waals surface area contributed by atoms with Crippen molar-refractivity contribution in [2.75, 3.05) is 7.05 Å². The van der Waals surface area contributed by atoms with Gasteiger partial charge in [-0.05, 0) is 37.6 Å². The van der Waals surface area contributed by atoms with Crippen LogP contribution < -0.4 is 5.73 Å². The molecule has 7 heteroatoms. The molecule has 0 unspecified atom stereocenters. The highest BCUT2D eigenvalue weighted by Crippen LogP contribution is 2.24. The van der Waals surface area contributed by atoms with Crippen molar-refractivity contribution in [1.29, 1.82) is 5.26 Å². The zero-order valence-electron chi connectivity index (χ0n) is 14.8. The van der Waals surface area contributed by atoms with E-state index >= 15 is 0 Å². The Morgan fingerprint density at radius 1 is 1.35 bits per heavy atom. The summed E-state index contributed by atoms with van der Waals surface area (Å²) in [6, 6.07) is 10.6. The molecule has 0 saturated heterocycles. The lowest BCUT2D eigenvalue weighted by Crippen LogP contribution is -2.20. The molecule has 0 aliphatic heterocycles. The second-order valence-corrected chi connectivity index (χ2v) is 5.15. The van der Waals surface area contributed by atoms with Gasteiger partial charge in [-0.25, -0.2) is 4.79 Å². The number of hydrogen-bond donors (Lipinski definition) is 3. The van der Waals surface area contributed by atoms with Crippen LogP contribution in [0.3, 0.4) is 0 Å². The van der Waals surface area contributed by atoms with Crippen LogP contribution in [0.5, 0.6) is 5.75 Å². The Bertz CT molecular complexity index is 879. The molecular formula is C19H20N4O3. The summed E-state index contributed by atoms with van der Waals surface area (Å²) in [5, 5.41) is 26.7. The first-order chi connectivity index (χ1) is 12.3. The number of allylic oxidation sites excluding steroid dienone is 1. The summed E-state index contributed by atoms with van der Waals surface area (Å²) in [6.45, 7) is 3.45. The van der Waals surface area contributed by atoms with Crippen molar-refractivity contribution in [3.8, 4) is 22.9 Å². The lowest BCUT2D eigenvalue weighted by atomic mass is 10.0. The molecule has 1 aromatic carbocycles. The van der Waals surface area contributed by atoms with Gasteiger partial charge in [0, 0.05) is 24.5 Å². The third-order valence-corrected chi connectivity index (χ3v) is 3.38. The summed E-state index contributed by atoms with van der Waals surface area (Å²) in [4.78, 5) is 18.0. The van der Waals surface area contributed by atoms with Gasteiger partial charge in [-0.2, -0.15) is 5.26 Å². The number of hydrogen-bond acceptors (Lipinski definition) is 5. The molecule has 2 rings (SSSR count). The van der Waals surface area contributed by atoms with E-state index in [9.17, 15) is 9.90 Å². The SMILES string of the molecule is C/C=C(/C(=O)O)C(N)=NC.Cc1cc(C#N)c(-c2ccc(O)cc2)cn1. The quantitative estimate of drug-likeness (QED) is 0.442. The fourth-order valence-electron chi connectivity index (χ4n) is 2.02. The summed E-state index contributed by atoms with van der Waals surface area (Å²) in [5.41, 5.74) is 8.35. The van der Waals surface area contributed by atoms with Gasteiger partial charge in [-0.1, -0.05) is 18.2 Å². The molecular weight excluding hydrogens is 332 g/mol. The fraction of sp³-hybridized carbons (Fsp3) is 0.158. The summed E-state index contributed by atoms with van der Waals surface area (Å²) in [7, 11) is 1.45. The van der Waals surface area contributed by atoms with Crippen LogP contribution in [0.2, 0.25) is 0 Å². The number of carboxylic acid groups (broad SMARTS) is 1. The van der Waals surface area contributed by atoms with E-state index < -0.39 is 5.97 Å². The number of aryl methyl sites for hydroxylation is 1. The standard InChI is InChI=1S/C13H10N2O.C6H10N2O2/c1-9-6-11(7-14)13(8-15-9)10-2-4-12(16)5-3-10;1-3-4(6(9)10)5(7)8-2/h2-6,8,16H,1H3;3H,1-2H3,(H2,7,8)(H,9,10)/b;4-3+. The van der Waals surface area contributed by atoms with E-state index in [1.807, 2.05) is 6.92 Å². The zero-order chi connectivity index (χ0) is 19.7. The first-order valence-corrected chi connectivity index (χ1v) is 7.62. The molecule has 0 spiro atoms. The monoisotopic (exact) mass is 352 g/mol. The number of nitrogens with zero attached hydrogens (tertiary/aromatic N) is 3. The van der Waals surface area contributed by atoms with Crippen LogP contribution in [0.25, 0.3) is 11.1 Å². The van der Waals surface area contributed by atoms with Crippen molar-refractivity contribution in [3.63, 3.8) is 0 Å². The van der Waals surface area contributed by atoms with Gasteiger partial charge in [0.05, 0.1) is 17.2 Å². The molecule has 0 atom stereocenters. The third-order valence-electron chi connectivity index (χ3n) is 3.38. The Hall–Kier alpha value is -3.66. The van der Waals surface area contributed by atoms with E-state index in [4.69, 9.17) is 16.1 Å². The molecule has 0 aliphatic rings. The van der Waals surface area contributed by atoms with Gasteiger partial charge in [0.2, 0.25) is 0 Å². The lowest BCUT2D eigenvalue weighted by molar-refractivity contribution is -0.132. The predicted molar refractivity (Wildman–Crippen MR) is 99.7 cm³/mol. The van der Waals surface area contributed by atoms with E-state index in [-0.39, 0.29) is 17.2 Å². The van der Waals surface area contributed by atoms with Crippen LogP contribution in [0.15, 0.2) is 53.2 Å². The lowest BCUT2D eigenvalue weighted by Gasteiger charge is -2.04. The summed E-state index contributed by atoms with van der Waals surface area (Å²) >= 11 is 0. The maximum absolute atomic E-state index is 10.3. The second-order valence-electron chi connectivity index (χ2n) is 5.15. The van der Waals surface area contributed by atoms with Crippen molar-refractivity contribution in [1.82, 2.24) is 4.98 Å². The Labute approximate surface area is 151 Å². The van der Waals surface area contributed by atoms with Crippen LogP contribution in [0.1, 0.15) is 18.2 Å². The topological polar surface area (TPSA) is 133 Å². The van der Waals surface area contributed by atoms with Gasteiger partial charge in [0.1, 0.15) is 11.6 Å². The third kappa shape index (κ3) is 5.46. The summed E-state index contributed by atoms with van der Waals surface area (Å²) in [6.07, 6.45) is 3.09.